The lowest BCUT2D eigenvalue weighted by molar-refractivity contribution is 0.419. The lowest BCUT2D eigenvalue weighted by Gasteiger charge is -2.29. The molecule has 0 unspecified atom stereocenters. The minimum atomic E-state index is -0.242. The van der Waals surface area contributed by atoms with Crippen LogP contribution in [0, 0.1) is 0 Å². The van der Waals surface area contributed by atoms with Crippen molar-refractivity contribution in [2.75, 3.05) is 31.1 Å². The zero-order chi connectivity index (χ0) is 8.32. The molecule has 0 aromatic heterocycles. The third-order valence-corrected chi connectivity index (χ3v) is 5.28. The molecule has 0 radical (unpaired) electrons. The van der Waals surface area contributed by atoms with Crippen molar-refractivity contribution in [2.24, 2.45) is 0 Å². The molecular weight excluding hydrogens is 155 g/mol. The smallest absolute Gasteiger partial charge is 0.293 e. The summed E-state index contributed by atoms with van der Waals surface area (Å²) < 4.78 is 5.38. The first kappa shape index (κ1) is 9.46. The van der Waals surface area contributed by atoms with E-state index in [1.54, 1.807) is 0 Å². The SMILES string of the molecule is COB1CCCS(C)(C)CC1. The fraction of sp³-hybridized carbons (Fsp3) is 1.00. The summed E-state index contributed by atoms with van der Waals surface area (Å²) >= 11 is 0. The Hall–Kier alpha value is 0.375. The Bertz CT molecular complexity index is 127. The van der Waals surface area contributed by atoms with E-state index >= 15 is 0 Å². The first-order chi connectivity index (χ1) is 5.14. The van der Waals surface area contributed by atoms with Gasteiger partial charge in [-0.1, -0.05) is 0 Å². The molecule has 1 heterocycles. The molecule has 0 aliphatic carbocycles. The summed E-state index contributed by atoms with van der Waals surface area (Å²) in [4.78, 5) is 0. The predicted octanol–water partition coefficient (Wildman–Crippen LogP) is 2.09. The van der Waals surface area contributed by atoms with Crippen molar-refractivity contribution in [3.05, 3.63) is 0 Å². The van der Waals surface area contributed by atoms with Crippen LogP contribution in [0.15, 0.2) is 0 Å². The Balaban J connectivity index is 2.39. The minimum absolute atomic E-state index is 0.242. The number of hydrogen-bond acceptors (Lipinski definition) is 1. The monoisotopic (exact) mass is 174 g/mol. The van der Waals surface area contributed by atoms with Gasteiger partial charge in [-0.3, -0.25) is 0 Å². The Morgan fingerprint density at radius 3 is 2.55 bits per heavy atom. The summed E-state index contributed by atoms with van der Waals surface area (Å²) in [5, 5.41) is 0. The molecule has 1 rings (SSSR count). The van der Waals surface area contributed by atoms with Crippen molar-refractivity contribution in [3.8, 4) is 0 Å². The van der Waals surface area contributed by atoms with E-state index in [1.165, 1.54) is 30.6 Å². The van der Waals surface area contributed by atoms with Crippen molar-refractivity contribution in [3.63, 3.8) is 0 Å². The second-order valence-corrected chi connectivity index (χ2v) is 8.31. The highest BCUT2D eigenvalue weighted by molar-refractivity contribution is 8.32. The molecular formula is C8H19BOS. The van der Waals surface area contributed by atoms with Crippen LogP contribution in [0.25, 0.3) is 0 Å². The van der Waals surface area contributed by atoms with Crippen molar-refractivity contribution in [2.45, 2.75) is 19.1 Å². The number of hydrogen-bond donors (Lipinski definition) is 0. The van der Waals surface area contributed by atoms with Gasteiger partial charge < -0.3 is 4.65 Å². The number of rotatable bonds is 1. The van der Waals surface area contributed by atoms with Crippen LogP contribution in [0.3, 0.4) is 0 Å². The maximum Gasteiger partial charge on any atom is 0.293 e. The minimum Gasteiger partial charge on any atom is -0.438 e. The molecule has 1 saturated heterocycles. The average Bonchev–Trinajstić information content (AvgIpc) is 2.10. The van der Waals surface area contributed by atoms with Crippen LogP contribution in [0.4, 0.5) is 0 Å². The van der Waals surface area contributed by atoms with E-state index in [0.717, 1.165) is 0 Å². The van der Waals surface area contributed by atoms with E-state index in [-0.39, 0.29) is 10.0 Å². The van der Waals surface area contributed by atoms with Gasteiger partial charge in [0.15, 0.2) is 0 Å². The van der Waals surface area contributed by atoms with E-state index in [4.69, 9.17) is 4.65 Å². The Labute approximate surface area is 72.3 Å². The van der Waals surface area contributed by atoms with Crippen molar-refractivity contribution >= 4 is 16.9 Å². The third kappa shape index (κ3) is 3.08. The summed E-state index contributed by atoms with van der Waals surface area (Å²) in [7, 11) is 1.60. The van der Waals surface area contributed by atoms with Crippen LogP contribution >= 0.6 is 10.0 Å². The fourth-order valence-corrected chi connectivity index (χ4v) is 3.69. The van der Waals surface area contributed by atoms with E-state index in [1.807, 2.05) is 7.11 Å². The highest BCUT2D eigenvalue weighted by Crippen LogP contribution is 2.44. The summed E-state index contributed by atoms with van der Waals surface area (Å²) in [6.07, 6.45) is 8.85. The third-order valence-electron chi connectivity index (χ3n) is 2.55. The topological polar surface area (TPSA) is 9.23 Å². The molecule has 1 aliphatic rings. The first-order valence-corrected chi connectivity index (χ1v) is 7.14. The molecule has 66 valence electrons. The predicted molar refractivity (Wildman–Crippen MR) is 56.2 cm³/mol. The van der Waals surface area contributed by atoms with Crippen LogP contribution < -0.4 is 0 Å². The Kier molecular flexibility index (Phi) is 3.32. The largest absolute Gasteiger partial charge is 0.438 e. The van der Waals surface area contributed by atoms with Crippen LogP contribution in [-0.4, -0.2) is 38.0 Å². The van der Waals surface area contributed by atoms with Gasteiger partial charge in [0.2, 0.25) is 0 Å². The average molecular weight is 174 g/mol. The molecule has 0 saturated carbocycles. The van der Waals surface area contributed by atoms with Crippen LogP contribution in [0.2, 0.25) is 12.6 Å². The zero-order valence-corrected chi connectivity index (χ0v) is 8.75. The Morgan fingerprint density at radius 2 is 1.91 bits per heavy atom. The van der Waals surface area contributed by atoms with Gasteiger partial charge in [-0.15, -0.1) is 0 Å². The fourth-order valence-electron chi connectivity index (χ4n) is 1.63. The highest BCUT2D eigenvalue weighted by Gasteiger charge is 2.23. The standard InChI is InChI=1S/C8H19BOS/c1-10-9-5-4-7-11(2,3)8-6-9/h4-8H2,1-3H3. The molecule has 0 atom stereocenters. The molecule has 0 aromatic rings. The van der Waals surface area contributed by atoms with Gasteiger partial charge in [0.05, 0.1) is 0 Å². The second-order valence-electron chi connectivity index (χ2n) is 3.96. The van der Waals surface area contributed by atoms with Gasteiger partial charge in [-0.05, 0) is 43.1 Å². The van der Waals surface area contributed by atoms with Gasteiger partial charge in [-0.25, -0.2) is 10.0 Å². The second kappa shape index (κ2) is 3.86. The maximum atomic E-state index is 5.38. The molecule has 1 fully saturated rings. The van der Waals surface area contributed by atoms with Crippen molar-refractivity contribution in [1.29, 1.82) is 0 Å². The van der Waals surface area contributed by atoms with Crippen molar-refractivity contribution < 1.29 is 4.65 Å². The summed E-state index contributed by atoms with van der Waals surface area (Å²) in [6, 6.07) is 0. The maximum absolute atomic E-state index is 5.38. The van der Waals surface area contributed by atoms with E-state index < -0.39 is 0 Å². The summed E-state index contributed by atoms with van der Waals surface area (Å²) in [5.41, 5.74) is 0. The molecule has 0 bridgehead atoms. The van der Waals surface area contributed by atoms with Gasteiger partial charge in [-0.2, -0.15) is 0 Å². The lowest BCUT2D eigenvalue weighted by atomic mass is 9.61. The molecule has 0 spiro atoms. The molecule has 3 heteroatoms. The molecule has 0 N–H and O–H groups in total. The molecule has 0 aromatic carbocycles. The van der Waals surface area contributed by atoms with Gasteiger partial charge in [0, 0.05) is 7.11 Å². The normalized spacial score (nSPS) is 27.7. The summed E-state index contributed by atoms with van der Waals surface area (Å²) in [6.45, 7) is 0.560. The molecule has 1 aliphatic heterocycles. The zero-order valence-electron chi connectivity index (χ0n) is 7.93. The first-order valence-electron chi connectivity index (χ1n) is 4.35. The van der Waals surface area contributed by atoms with Gasteiger partial charge in [0.25, 0.3) is 6.92 Å². The van der Waals surface area contributed by atoms with Crippen LogP contribution in [-0.2, 0) is 4.65 Å². The van der Waals surface area contributed by atoms with Gasteiger partial charge >= 0.3 is 0 Å². The Morgan fingerprint density at radius 1 is 1.18 bits per heavy atom. The van der Waals surface area contributed by atoms with Crippen LogP contribution in [0.5, 0.6) is 0 Å². The van der Waals surface area contributed by atoms with Gasteiger partial charge in [0.1, 0.15) is 0 Å². The molecule has 11 heavy (non-hydrogen) atoms. The molecule has 0 amide bonds. The van der Waals surface area contributed by atoms with E-state index in [2.05, 4.69) is 12.5 Å². The van der Waals surface area contributed by atoms with Crippen molar-refractivity contribution in [1.82, 2.24) is 0 Å². The summed E-state index contributed by atoms with van der Waals surface area (Å²) in [5.74, 6) is 2.86. The quantitative estimate of drug-likeness (QED) is 0.553. The van der Waals surface area contributed by atoms with E-state index in [0.29, 0.717) is 6.92 Å². The van der Waals surface area contributed by atoms with Crippen LogP contribution in [0.1, 0.15) is 6.42 Å². The van der Waals surface area contributed by atoms with E-state index in [9.17, 15) is 0 Å². The lowest BCUT2D eigenvalue weighted by Crippen LogP contribution is -2.15. The molecule has 1 nitrogen and oxygen atoms in total. The highest BCUT2D eigenvalue weighted by atomic mass is 32.3.